The van der Waals surface area contributed by atoms with Gasteiger partial charge in [0.15, 0.2) is 5.65 Å². The summed E-state index contributed by atoms with van der Waals surface area (Å²) in [7, 11) is 0. The lowest BCUT2D eigenvalue weighted by molar-refractivity contribution is -0.113. The van der Waals surface area contributed by atoms with Crippen LogP contribution < -0.4 is 5.32 Å². The van der Waals surface area contributed by atoms with Crippen LogP contribution in [0.5, 0.6) is 0 Å². The minimum atomic E-state index is -0.348. The van der Waals surface area contributed by atoms with Gasteiger partial charge in [-0.05, 0) is 49.7 Å². The smallest absolute Gasteiger partial charge is 0.234 e. The van der Waals surface area contributed by atoms with E-state index in [9.17, 15) is 9.18 Å². The molecule has 0 saturated heterocycles. The molecule has 1 amide bonds. The summed E-state index contributed by atoms with van der Waals surface area (Å²) >= 11 is 1.19. The molecule has 0 aliphatic rings. The summed E-state index contributed by atoms with van der Waals surface area (Å²) in [5.41, 5.74) is 5.18. The maximum Gasteiger partial charge on any atom is 0.234 e. The van der Waals surface area contributed by atoms with Crippen molar-refractivity contribution in [2.75, 3.05) is 11.1 Å². The highest BCUT2D eigenvalue weighted by Gasteiger charge is 2.12. The summed E-state index contributed by atoms with van der Waals surface area (Å²) in [4.78, 5) is 19.8. The monoisotopic (exact) mass is 381 g/mol. The molecule has 6 nitrogen and oxygen atoms in total. The van der Waals surface area contributed by atoms with Crippen LogP contribution in [0.1, 0.15) is 11.1 Å². The van der Waals surface area contributed by atoms with Crippen LogP contribution in [-0.4, -0.2) is 31.8 Å². The molecule has 2 N–H and O–H groups in total. The van der Waals surface area contributed by atoms with Crippen molar-refractivity contribution < 1.29 is 9.18 Å². The van der Waals surface area contributed by atoms with Gasteiger partial charge in [-0.3, -0.25) is 4.79 Å². The Morgan fingerprint density at radius 2 is 1.96 bits per heavy atom. The Bertz CT molecular complexity index is 1160. The van der Waals surface area contributed by atoms with Gasteiger partial charge in [-0.1, -0.05) is 23.4 Å². The van der Waals surface area contributed by atoms with Crippen molar-refractivity contribution in [3.8, 4) is 0 Å². The van der Waals surface area contributed by atoms with Crippen LogP contribution in [0.25, 0.3) is 22.1 Å². The van der Waals surface area contributed by atoms with E-state index in [4.69, 9.17) is 0 Å². The molecule has 4 aromatic rings. The molecule has 136 valence electrons. The second-order valence-electron chi connectivity index (χ2n) is 6.26. The molecule has 0 spiro atoms. The van der Waals surface area contributed by atoms with Gasteiger partial charge in [0.2, 0.25) is 11.1 Å². The largest absolute Gasteiger partial charge is 0.337 e. The van der Waals surface area contributed by atoms with E-state index >= 15 is 0 Å². The van der Waals surface area contributed by atoms with E-state index < -0.39 is 0 Å². The van der Waals surface area contributed by atoms with Crippen molar-refractivity contribution >= 4 is 45.4 Å². The Morgan fingerprint density at radius 1 is 1.19 bits per heavy atom. The van der Waals surface area contributed by atoms with Gasteiger partial charge < -0.3 is 10.3 Å². The number of carbonyl (C=O) groups excluding carboxylic acids is 1. The molecule has 0 saturated carbocycles. The van der Waals surface area contributed by atoms with Crippen LogP contribution >= 0.6 is 11.8 Å². The van der Waals surface area contributed by atoms with E-state index in [1.54, 1.807) is 0 Å². The third-order valence-electron chi connectivity index (χ3n) is 4.11. The summed E-state index contributed by atoms with van der Waals surface area (Å²) in [6.07, 6.45) is 0. The van der Waals surface area contributed by atoms with Gasteiger partial charge in [0, 0.05) is 11.1 Å². The highest BCUT2D eigenvalue weighted by molar-refractivity contribution is 7.99. The van der Waals surface area contributed by atoms with Crippen LogP contribution in [0.2, 0.25) is 0 Å². The highest BCUT2D eigenvalue weighted by atomic mass is 32.2. The number of anilines is 1. The molecule has 0 radical (unpaired) electrons. The molecule has 2 aromatic carbocycles. The van der Waals surface area contributed by atoms with E-state index in [0.717, 1.165) is 27.5 Å². The number of hydrogen-bond donors (Lipinski definition) is 2. The average Bonchev–Trinajstić information content (AvgIpc) is 3.00. The van der Waals surface area contributed by atoms with Crippen molar-refractivity contribution in [2.45, 2.75) is 19.0 Å². The number of halogens is 1. The first-order valence-corrected chi connectivity index (χ1v) is 9.30. The zero-order chi connectivity index (χ0) is 19.0. The number of thioether (sulfide) groups is 1. The molecule has 0 aliphatic heterocycles. The number of H-pyrrole nitrogens is 1. The van der Waals surface area contributed by atoms with E-state index in [1.807, 2.05) is 13.8 Å². The number of aromatic nitrogens is 4. The predicted octanol–water partition coefficient (Wildman–Crippen LogP) is 3.99. The molecule has 8 heteroatoms. The minimum absolute atomic E-state index is 0.128. The fourth-order valence-corrected chi connectivity index (χ4v) is 3.53. The molecular formula is C19H16FN5OS. The molecular weight excluding hydrogens is 365 g/mol. The number of nitrogens with one attached hydrogen (secondary N) is 2. The Kier molecular flexibility index (Phi) is 4.49. The third kappa shape index (κ3) is 3.61. The number of hydrogen-bond acceptors (Lipinski definition) is 5. The number of aryl methyl sites for hydroxylation is 2. The van der Waals surface area contributed by atoms with Gasteiger partial charge in [-0.25, -0.2) is 9.37 Å². The Hall–Kier alpha value is -3.00. The first-order chi connectivity index (χ1) is 13.0. The van der Waals surface area contributed by atoms with Crippen molar-refractivity contribution in [3.05, 3.63) is 53.3 Å². The topological polar surface area (TPSA) is 83.6 Å². The summed E-state index contributed by atoms with van der Waals surface area (Å²) < 4.78 is 12.9. The van der Waals surface area contributed by atoms with Gasteiger partial charge in [0.05, 0.1) is 11.3 Å². The average molecular weight is 381 g/mol. The van der Waals surface area contributed by atoms with Crippen molar-refractivity contribution in [1.29, 1.82) is 0 Å². The normalized spacial score (nSPS) is 11.2. The zero-order valence-electron chi connectivity index (χ0n) is 14.7. The molecule has 27 heavy (non-hydrogen) atoms. The van der Waals surface area contributed by atoms with Crippen molar-refractivity contribution in [1.82, 2.24) is 20.2 Å². The predicted molar refractivity (Wildman–Crippen MR) is 104 cm³/mol. The fraction of sp³-hybridized carbons (Fsp3) is 0.158. The van der Waals surface area contributed by atoms with Gasteiger partial charge in [-0.15, -0.1) is 10.2 Å². The molecule has 4 rings (SSSR count). The van der Waals surface area contributed by atoms with Crippen LogP contribution in [0.15, 0.2) is 41.6 Å². The molecule has 0 aliphatic carbocycles. The lowest BCUT2D eigenvalue weighted by atomic mass is 10.1. The highest BCUT2D eigenvalue weighted by Crippen LogP contribution is 2.27. The molecule has 0 bridgehead atoms. The van der Waals surface area contributed by atoms with E-state index in [-0.39, 0.29) is 17.5 Å². The van der Waals surface area contributed by atoms with Crippen molar-refractivity contribution in [2.24, 2.45) is 0 Å². The molecule has 0 fully saturated rings. The maximum absolute atomic E-state index is 12.9. The summed E-state index contributed by atoms with van der Waals surface area (Å²) in [5, 5.41) is 12.5. The minimum Gasteiger partial charge on any atom is -0.337 e. The van der Waals surface area contributed by atoms with Crippen LogP contribution in [0.3, 0.4) is 0 Å². The first kappa shape index (κ1) is 17.4. The number of nitrogens with zero attached hydrogens (tertiary/aromatic N) is 3. The van der Waals surface area contributed by atoms with Gasteiger partial charge in [0.25, 0.3) is 0 Å². The maximum atomic E-state index is 12.9. The molecule has 0 unspecified atom stereocenters. The van der Waals surface area contributed by atoms with E-state index in [1.165, 1.54) is 36.0 Å². The second kappa shape index (κ2) is 6.96. The van der Waals surface area contributed by atoms with Crippen LogP contribution in [-0.2, 0) is 4.79 Å². The fourth-order valence-electron chi connectivity index (χ4n) is 2.94. The first-order valence-electron chi connectivity index (χ1n) is 8.31. The number of benzene rings is 2. The Balaban J connectivity index is 1.50. The second-order valence-corrected chi connectivity index (χ2v) is 7.21. The van der Waals surface area contributed by atoms with Crippen LogP contribution in [0, 0.1) is 19.7 Å². The summed E-state index contributed by atoms with van der Waals surface area (Å²) in [6.45, 7) is 4.07. The Morgan fingerprint density at radius 3 is 2.74 bits per heavy atom. The number of rotatable bonds is 4. The number of fused-ring (bicyclic) bond motifs is 3. The van der Waals surface area contributed by atoms with Crippen LogP contribution in [0.4, 0.5) is 10.1 Å². The standard InChI is InChI=1S/C19H16FN5OS/c1-10-7-11(2)16-14(8-10)17-18(22-16)23-19(25-24-17)27-9-15(26)21-13-5-3-12(20)4-6-13/h3-8H,9H2,1-2H3,(H,21,26)(H,22,23,25). The van der Waals surface area contributed by atoms with E-state index in [2.05, 4.69) is 37.6 Å². The summed E-state index contributed by atoms with van der Waals surface area (Å²) in [6, 6.07) is 9.77. The zero-order valence-corrected chi connectivity index (χ0v) is 15.5. The summed E-state index contributed by atoms with van der Waals surface area (Å²) in [5.74, 6) is -0.444. The molecule has 2 aromatic heterocycles. The van der Waals surface area contributed by atoms with Gasteiger partial charge in [0.1, 0.15) is 11.3 Å². The Labute approximate surface area is 158 Å². The van der Waals surface area contributed by atoms with Crippen molar-refractivity contribution in [3.63, 3.8) is 0 Å². The number of carbonyl (C=O) groups is 1. The number of amides is 1. The lowest BCUT2D eigenvalue weighted by Crippen LogP contribution is -2.14. The van der Waals surface area contributed by atoms with Gasteiger partial charge in [-0.2, -0.15) is 0 Å². The third-order valence-corrected chi connectivity index (χ3v) is 4.94. The molecule has 0 atom stereocenters. The molecule has 2 heterocycles. The van der Waals surface area contributed by atoms with Gasteiger partial charge >= 0.3 is 0 Å². The quantitative estimate of drug-likeness (QED) is 0.522. The van der Waals surface area contributed by atoms with E-state index in [0.29, 0.717) is 16.5 Å². The lowest BCUT2D eigenvalue weighted by Gasteiger charge is -2.04. The number of aromatic amines is 1. The SMILES string of the molecule is Cc1cc(C)c2[nH]c3nc(SCC(=O)Nc4ccc(F)cc4)nnc3c2c1.